The molecule has 1 aromatic rings. The number of ether oxygens (including phenoxy) is 2. The first-order valence-corrected chi connectivity index (χ1v) is 16.5. The molecule has 19 heteroatoms. The molecule has 4 aliphatic carbocycles. The van der Waals surface area contributed by atoms with E-state index in [1.807, 2.05) is 0 Å². The van der Waals surface area contributed by atoms with Crippen molar-refractivity contribution in [2.24, 2.45) is 22.7 Å². The Morgan fingerprint density at radius 3 is 2.38 bits per heavy atom. The van der Waals surface area contributed by atoms with E-state index in [-0.39, 0.29) is 30.8 Å². The second kappa shape index (κ2) is 15.0. The molecular formula is C33H42FN3O15. The Balaban J connectivity index is 1.14. The Labute approximate surface area is 296 Å². The van der Waals surface area contributed by atoms with Crippen molar-refractivity contribution >= 4 is 23.6 Å². The smallest absolute Gasteiger partial charge is 0.413 e. The Kier molecular flexibility index (Phi) is 11.4. The van der Waals surface area contributed by atoms with Crippen molar-refractivity contribution in [2.45, 2.75) is 75.5 Å². The number of benzene rings is 1. The van der Waals surface area contributed by atoms with Crippen LogP contribution in [0.25, 0.3) is 0 Å². The van der Waals surface area contributed by atoms with Gasteiger partial charge in [-0.25, -0.2) is 18.9 Å². The molecule has 3 fully saturated rings. The number of carbonyl (C=O) groups is 4. The Morgan fingerprint density at radius 2 is 1.73 bits per heavy atom. The standard InChI is InChI=1S/C33H42FN3O15/c1-30-10-9-20(38)12-19(30)5-8-23-24-13-25(39)33(44,31(24,2)14-26(40)32(23,30)34)27(41)17-49-28(42)15-35-29(43)51-21-6-3-18(4-7-21)11-22(52-37(47)48)16-50-36(45)46/h3-4,6-7,9-10,12,22-26,39-40,44-48H,5,8,11,13-17H2,1-2H3,(H,35,43)/t22?,23-,24-,25+,26-,30-,31-,32-,33-/m0/s1. The highest BCUT2D eigenvalue weighted by Gasteiger charge is 2.76. The fraction of sp³-hybridized carbons (Fsp3) is 0.576. The van der Waals surface area contributed by atoms with E-state index in [2.05, 4.69) is 15.0 Å². The van der Waals surface area contributed by atoms with Crippen LogP contribution in [0.2, 0.25) is 0 Å². The number of halogens is 1. The van der Waals surface area contributed by atoms with E-state index in [0.717, 1.165) is 0 Å². The number of Topliss-reactive ketones (excluding diaryl/α,β-unsaturated/α-hetero) is 1. The Bertz CT molecular complexity index is 1610. The summed E-state index contributed by atoms with van der Waals surface area (Å²) in [6.07, 6.45) is -1.39. The van der Waals surface area contributed by atoms with Crippen LogP contribution < -0.4 is 10.1 Å². The molecule has 0 aromatic heterocycles. The van der Waals surface area contributed by atoms with Crippen molar-refractivity contribution < 1.29 is 78.9 Å². The number of aliphatic hydroxyl groups is 3. The molecule has 4 aliphatic rings. The number of allylic oxidation sites excluding steroid dienone is 4. The van der Waals surface area contributed by atoms with Gasteiger partial charge >= 0.3 is 12.1 Å². The molecule has 8 N–H and O–H groups in total. The van der Waals surface area contributed by atoms with Crippen LogP contribution in [0.1, 0.15) is 45.1 Å². The molecule has 1 unspecified atom stereocenters. The highest BCUT2D eigenvalue weighted by molar-refractivity contribution is 6.01. The van der Waals surface area contributed by atoms with Gasteiger partial charge in [-0.1, -0.05) is 30.7 Å². The lowest BCUT2D eigenvalue weighted by Crippen LogP contribution is -2.69. The number of esters is 1. The molecule has 1 amide bonds. The van der Waals surface area contributed by atoms with Gasteiger partial charge in [0.1, 0.15) is 25.0 Å². The van der Waals surface area contributed by atoms with E-state index in [9.17, 15) is 34.5 Å². The molecule has 3 saturated carbocycles. The summed E-state index contributed by atoms with van der Waals surface area (Å²) in [7, 11) is 0. The average molecular weight is 740 g/mol. The maximum atomic E-state index is 17.3. The minimum atomic E-state index is -2.50. The van der Waals surface area contributed by atoms with E-state index in [4.69, 9.17) is 30.3 Å². The van der Waals surface area contributed by atoms with E-state index < -0.39 is 107 Å². The summed E-state index contributed by atoms with van der Waals surface area (Å²) in [6.45, 7) is 0.889. The largest absolute Gasteiger partial charge is 0.456 e. The molecule has 0 saturated heterocycles. The molecule has 52 heavy (non-hydrogen) atoms. The molecular weight excluding hydrogens is 697 g/mol. The maximum Gasteiger partial charge on any atom is 0.413 e. The van der Waals surface area contributed by atoms with Crippen LogP contribution in [0.5, 0.6) is 5.75 Å². The number of amides is 1. The SMILES string of the molecule is C[C@]12C=CC(=O)C=C1CC[C@H]1[C@@H]3C[C@@H](O)[C@](O)(C(=O)COC(=O)CNC(=O)Oc4ccc(CC(CON(O)O)ON(O)O)cc4)[C@@]3(C)C[C@H](O)[C@@]12F. The molecule has 9 atom stereocenters. The van der Waals surface area contributed by atoms with Crippen LogP contribution >= 0.6 is 0 Å². The summed E-state index contributed by atoms with van der Waals surface area (Å²) in [5, 5.41) is 70.4. The third-order valence-electron chi connectivity index (χ3n) is 11.2. The van der Waals surface area contributed by atoms with Crippen LogP contribution in [0.4, 0.5) is 9.18 Å². The van der Waals surface area contributed by atoms with Crippen LogP contribution in [0.15, 0.2) is 48.1 Å². The summed E-state index contributed by atoms with van der Waals surface area (Å²) in [6, 6.07) is 5.66. The number of ketones is 2. The summed E-state index contributed by atoms with van der Waals surface area (Å²) < 4.78 is 27.4. The molecule has 0 radical (unpaired) electrons. The van der Waals surface area contributed by atoms with E-state index >= 15 is 4.39 Å². The van der Waals surface area contributed by atoms with Gasteiger partial charge in [-0.2, -0.15) is 0 Å². The highest BCUT2D eigenvalue weighted by Crippen LogP contribution is 2.69. The number of nitrogens with one attached hydrogen (secondary N) is 1. The minimum Gasteiger partial charge on any atom is -0.456 e. The third kappa shape index (κ3) is 7.14. The van der Waals surface area contributed by atoms with Crippen LogP contribution in [0, 0.1) is 22.7 Å². The van der Waals surface area contributed by atoms with Crippen molar-refractivity contribution in [1.29, 1.82) is 0 Å². The molecule has 18 nitrogen and oxygen atoms in total. The van der Waals surface area contributed by atoms with Crippen molar-refractivity contribution in [3.05, 3.63) is 53.6 Å². The van der Waals surface area contributed by atoms with Crippen molar-refractivity contribution in [3.8, 4) is 5.75 Å². The van der Waals surface area contributed by atoms with Crippen molar-refractivity contribution in [2.75, 3.05) is 19.8 Å². The van der Waals surface area contributed by atoms with Gasteiger partial charge in [0.25, 0.3) is 0 Å². The quantitative estimate of drug-likeness (QED) is 0.103. The molecule has 1 aromatic carbocycles. The summed E-state index contributed by atoms with van der Waals surface area (Å²) in [5.74, 6) is -4.01. The van der Waals surface area contributed by atoms with Crippen LogP contribution in [-0.2, 0) is 35.2 Å². The molecule has 0 heterocycles. The van der Waals surface area contributed by atoms with Gasteiger partial charge in [0.15, 0.2) is 23.7 Å². The van der Waals surface area contributed by atoms with Gasteiger partial charge in [0.2, 0.25) is 5.78 Å². The number of rotatable bonds is 13. The molecule has 0 bridgehead atoms. The zero-order chi connectivity index (χ0) is 38.2. The first kappa shape index (κ1) is 39.5. The number of hydrogen-bond acceptors (Lipinski definition) is 17. The van der Waals surface area contributed by atoms with E-state index in [0.29, 0.717) is 17.6 Å². The third-order valence-corrected chi connectivity index (χ3v) is 11.2. The lowest BCUT2D eigenvalue weighted by molar-refractivity contribution is -0.526. The molecule has 0 spiro atoms. The van der Waals surface area contributed by atoms with E-state index in [1.165, 1.54) is 49.4 Å². The first-order valence-electron chi connectivity index (χ1n) is 16.5. The normalized spacial score (nSPS) is 34.2. The zero-order valence-corrected chi connectivity index (χ0v) is 28.3. The Morgan fingerprint density at radius 1 is 1.04 bits per heavy atom. The molecule has 5 rings (SSSR count). The van der Waals surface area contributed by atoms with Crippen LogP contribution in [-0.4, -0.2) is 120 Å². The fourth-order valence-corrected chi connectivity index (χ4v) is 8.69. The van der Waals surface area contributed by atoms with Crippen LogP contribution in [0.3, 0.4) is 0 Å². The predicted molar refractivity (Wildman–Crippen MR) is 166 cm³/mol. The van der Waals surface area contributed by atoms with Crippen molar-refractivity contribution in [3.63, 3.8) is 0 Å². The summed E-state index contributed by atoms with van der Waals surface area (Å²) in [4.78, 5) is 59.4. The maximum absolute atomic E-state index is 17.3. The molecule has 0 aliphatic heterocycles. The number of nitrogens with zero attached hydrogens (tertiary/aromatic N) is 2. The van der Waals surface area contributed by atoms with Gasteiger partial charge in [-0.05, 0) is 68.4 Å². The van der Waals surface area contributed by atoms with Gasteiger partial charge in [0, 0.05) is 23.2 Å². The predicted octanol–water partition coefficient (Wildman–Crippen LogP) is 0.895. The highest BCUT2D eigenvalue weighted by atomic mass is 19.1. The minimum absolute atomic E-state index is 0.0229. The lowest BCUT2D eigenvalue weighted by atomic mass is 9.44. The number of alkyl halides is 1. The summed E-state index contributed by atoms with van der Waals surface area (Å²) in [5.41, 5.74) is -6.49. The monoisotopic (exact) mass is 739 g/mol. The first-order chi connectivity index (χ1) is 24.3. The second-order valence-electron chi connectivity index (χ2n) is 14.0. The molecule has 286 valence electrons. The lowest BCUT2D eigenvalue weighted by Gasteiger charge is -2.62. The second-order valence-corrected chi connectivity index (χ2v) is 14.0. The van der Waals surface area contributed by atoms with Gasteiger partial charge < -0.3 is 30.1 Å². The topological polar surface area (TPSA) is 265 Å². The zero-order valence-electron chi connectivity index (χ0n) is 28.3. The number of aliphatic hydroxyl groups excluding tert-OH is 2. The van der Waals surface area contributed by atoms with Gasteiger partial charge in [0.05, 0.1) is 23.0 Å². The Hall–Kier alpha value is -3.73. The summed E-state index contributed by atoms with van der Waals surface area (Å²) >= 11 is 0. The van der Waals surface area contributed by atoms with Crippen molar-refractivity contribution in [1.82, 2.24) is 16.1 Å². The van der Waals surface area contributed by atoms with Gasteiger partial charge in [-0.15, -0.1) is 0 Å². The fourth-order valence-electron chi connectivity index (χ4n) is 8.69. The number of fused-ring (bicyclic) bond motifs is 5. The van der Waals surface area contributed by atoms with Gasteiger partial charge in [-0.3, -0.25) is 35.2 Å². The number of hydrogen-bond donors (Lipinski definition) is 8. The number of carbonyl (C=O) groups excluding carboxylic acids is 4. The van der Waals surface area contributed by atoms with E-state index in [1.54, 1.807) is 6.92 Å². The average Bonchev–Trinajstić information content (AvgIpc) is 3.28.